The number of aliphatic hydroxyl groups is 2. The fourth-order valence-corrected chi connectivity index (χ4v) is 2.30. The molecule has 1 unspecified atom stereocenters. The molecule has 1 aliphatic rings. The highest BCUT2D eigenvalue weighted by atomic mass is 16.3. The first-order valence-corrected chi connectivity index (χ1v) is 5.69. The Morgan fingerprint density at radius 3 is 2.75 bits per heavy atom. The minimum atomic E-state index is -0.600. The van der Waals surface area contributed by atoms with Crippen LogP contribution in [0.15, 0.2) is 18.2 Å². The lowest BCUT2D eigenvalue weighted by Gasteiger charge is -2.23. The van der Waals surface area contributed by atoms with Crippen molar-refractivity contribution in [2.24, 2.45) is 0 Å². The van der Waals surface area contributed by atoms with Crippen molar-refractivity contribution >= 4 is 5.69 Å². The van der Waals surface area contributed by atoms with Crippen molar-refractivity contribution < 1.29 is 10.2 Å². The quantitative estimate of drug-likeness (QED) is 0.794. The molecule has 0 amide bonds. The summed E-state index contributed by atoms with van der Waals surface area (Å²) >= 11 is 0. The number of benzene rings is 1. The molecule has 3 nitrogen and oxygen atoms in total. The second kappa shape index (κ2) is 4.07. The maximum atomic E-state index is 9.94. The molecular formula is C13H19NO2. The van der Waals surface area contributed by atoms with Gasteiger partial charge in [0, 0.05) is 24.3 Å². The molecule has 1 aromatic rings. The molecule has 1 aromatic carbocycles. The first-order valence-electron chi connectivity index (χ1n) is 5.69. The van der Waals surface area contributed by atoms with E-state index in [1.807, 2.05) is 32.0 Å². The molecule has 2 N–H and O–H groups in total. The molecule has 88 valence electrons. The number of nitrogens with zero attached hydrogens (tertiary/aromatic N) is 1. The normalized spacial score (nSPS) is 25.1. The minimum Gasteiger partial charge on any atom is -0.392 e. The second-order valence-corrected chi connectivity index (χ2v) is 4.96. The largest absolute Gasteiger partial charge is 0.392 e. The van der Waals surface area contributed by atoms with Gasteiger partial charge in [-0.3, -0.25) is 0 Å². The summed E-state index contributed by atoms with van der Waals surface area (Å²) in [7, 11) is 0. The zero-order chi connectivity index (χ0) is 11.8. The van der Waals surface area contributed by atoms with Crippen LogP contribution >= 0.6 is 0 Å². The van der Waals surface area contributed by atoms with Crippen LogP contribution in [-0.2, 0) is 6.61 Å². The van der Waals surface area contributed by atoms with Crippen LogP contribution in [0.25, 0.3) is 0 Å². The van der Waals surface area contributed by atoms with Crippen molar-refractivity contribution in [2.75, 3.05) is 18.0 Å². The number of rotatable bonds is 2. The molecular weight excluding hydrogens is 202 g/mol. The van der Waals surface area contributed by atoms with E-state index in [-0.39, 0.29) is 6.61 Å². The zero-order valence-electron chi connectivity index (χ0n) is 9.90. The minimum absolute atomic E-state index is 0.0512. The monoisotopic (exact) mass is 221 g/mol. The van der Waals surface area contributed by atoms with Gasteiger partial charge < -0.3 is 15.1 Å². The summed E-state index contributed by atoms with van der Waals surface area (Å²) in [5, 5.41) is 19.3. The van der Waals surface area contributed by atoms with Crippen LogP contribution in [0.2, 0.25) is 0 Å². The van der Waals surface area contributed by atoms with Crippen LogP contribution in [0.1, 0.15) is 24.5 Å². The summed E-state index contributed by atoms with van der Waals surface area (Å²) in [6.07, 6.45) is 0.783. The van der Waals surface area contributed by atoms with Crippen molar-refractivity contribution in [3.63, 3.8) is 0 Å². The molecule has 2 rings (SSSR count). The van der Waals surface area contributed by atoms with E-state index in [1.165, 1.54) is 0 Å². The van der Waals surface area contributed by atoms with Gasteiger partial charge in [-0.2, -0.15) is 0 Å². The van der Waals surface area contributed by atoms with Crippen molar-refractivity contribution in [3.8, 4) is 0 Å². The summed E-state index contributed by atoms with van der Waals surface area (Å²) in [6.45, 7) is 5.42. The Hall–Kier alpha value is -1.06. The van der Waals surface area contributed by atoms with E-state index < -0.39 is 5.60 Å². The van der Waals surface area contributed by atoms with Crippen LogP contribution in [0.5, 0.6) is 0 Å². The SMILES string of the molecule is Cc1ccc(N2CCC(C)(O)C2)c(CO)c1. The molecule has 3 heteroatoms. The number of anilines is 1. The molecule has 0 saturated carbocycles. The first kappa shape index (κ1) is 11.4. The Balaban J connectivity index is 2.27. The van der Waals surface area contributed by atoms with E-state index in [0.717, 1.165) is 29.8 Å². The standard InChI is InChI=1S/C13H19NO2/c1-10-3-4-12(11(7-10)8-15)14-6-5-13(2,16)9-14/h3-4,7,15-16H,5-6,8-9H2,1-2H3. The highest BCUT2D eigenvalue weighted by Gasteiger charge is 2.32. The average molecular weight is 221 g/mol. The van der Waals surface area contributed by atoms with Gasteiger partial charge in [-0.1, -0.05) is 17.7 Å². The van der Waals surface area contributed by atoms with E-state index in [1.54, 1.807) is 0 Å². The van der Waals surface area contributed by atoms with Crippen molar-refractivity contribution in [3.05, 3.63) is 29.3 Å². The molecule has 0 bridgehead atoms. The smallest absolute Gasteiger partial charge is 0.0810 e. The maximum absolute atomic E-state index is 9.94. The number of β-amino-alcohol motifs (C(OH)–C–C–N with tert-alkyl or cyclic N) is 1. The third-order valence-electron chi connectivity index (χ3n) is 3.20. The van der Waals surface area contributed by atoms with E-state index in [9.17, 15) is 10.2 Å². The van der Waals surface area contributed by atoms with E-state index in [4.69, 9.17) is 0 Å². The Morgan fingerprint density at radius 1 is 1.44 bits per heavy atom. The van der Waals surface area contributed by atoms with Gasteiger partial charge in [0.1, 0.15) is 0 Å². The van der Waals surface area contributed by atoms with Gasteiger partial charge in [-0.25, -0.2) is 0 Å². The number of aryl methyl sites for hydroxylation is 1. The lowest BCUT2D eigenvalue weighted by Crippen LogP contribution is -2.30. The zero-order valence-corrected chi connectivity index (χ0v) is 9.90. The van der Waals surface area contributed by atoms with Crippen molar-refractivity contribution in [1.29, 1.82) is 0 Å². The summed E-state index contributed by atoms with van der Waals surface area (Å²) in [5.74, 6) is 0. The van der Waals surface area contributed by atoms with Gasteiger partial charge in [-0.05, 0) is 26.3 Å². The molecule has 1 aliphatic heterocycles. The molecule has 1 fully saturated rings. The van der Waals surface area contributed by atoms with Crippen LogP contribution in [-0.4, -0.2) is 28.9 Å². The van der Waals surface area contributed by atoms with Crippen LogP contribution in [0.4, 0.5) is 5.69 Å². The highest BCUT2D eigenvalue weighted by Crippen LogP contribution is 2.29. The molecule has 1 heterocycles. The number of aliphatic hydroxyl groups excluding tert-OH is 1. The molecule has 1 atom stereocenters. The number of hydrogen-bond donors (Lipinski definition) is 2. The molecule has 16 heavy (non-hydrogen) atoms. The van der Waals surface area contributed by atoms with Gasteiger partial charge in [0.05, 0.1) is 12.2 Å². The van der Waals surface area contributed by atoms with Gasteiger partial charge in [-0.15, -0.1) is 0 Å². The predicted octanol–water partition coefficient (Wildman–Crippen LogP) is 1.45. The Bertz CT molecular complexity index is 388. The Labute approximate surface area is 96.3 Å². The van der Waals surface area contributed by atoms with Gasteiger partial charge in [0.2, 0.25) is 0 Å². The Morgan fingerprint density at radius 2 is 2.19 bits per heavy atom. The highest BCUT2D eigenvalue weighted by molar-refractivity contribution is 5.55. The van der Waals surface area contributed by atoms with Gasteiger partial charge >= 0.3 is 0 Å². The Kier molecular flexibility index (Phi) is 2.91. The third-order valence-corrected chi connectivity index (χ3v) is 3.20. The molecule has 0 aromatic heterocycles. The van der Waals surface area contributed by atoms with E-state index >= 15 is 0 Å². The number of hydrogen-bond acceptors (Lipinski definition) is 3. The lowest BCUT2D eigenvalue weighted by atomic mass is 10.1. The average Bonchev–Trinajstić information content (AvgIpc) is 2.58. The predicted molar refractivity (Wildman–Crippen MR) is 64.6 cm³/mol. The lowest BCUT2D eigenvalue weighted by molar-refractivity contribution is 0.0839. The van der Waals surface area contributed by atoms with Crippen LogP contribution in [0, 0.1) is 6.92 Å². The maximum Gasteiger partial charge on any atom is 0.0810 e. The van der Waals surface area contributed by atoms with E-state index in [0.29, 0.717) is 6.54 Å². The molecule has 0 spiro atoms. The summed E-state index contributed by atoms with van der Waals surface area (Å²) in [6, 6.07) is 6.08. The van der Waals surface area contributed by atoms with Crippen molar-refractivity contribution in [1.82, 2.24) is 0 Å². The van der Waals surface area contributed by atoms with Crippen LogP contribution in [0.3, 0.4) is 0 Å². The summed E-state index contributed by atoms with van der Waals surface area (Å²) < 4.78 is 0. The summed E-state index contributed by atoms with van der Waals surface area (Å²) in [4.78, 5) is 2.14. The summed E-state index contributed by atoms with van der Waals surface area (Å²) in [5.41, 5.74) is 2.54. The molecule has 0 radical (unpaired) electrons. The van der Waals surface area contributed by atoms with Gasteiger partial charge in [0.25, 0.3) is 0 Å². The van der Waals surface area contributed by atoms with Crippen molar-refractivity contribution in [2.45, 2.75) is 32.5 Å². The fourth-order valence-electron chi connectivity index (χ4n) is 2.30. The fraction of sp³-hybridized carbons (Fsp3) is 0.538. The molecule has 1 saturated heterocycles. The van der Waals surface area contributed by atoms with Crippen LogP contribution < -0.4 is 4.90 Å². The topological polar surface area (TPSA) is 43.7 Å². The van der Waals surface area contributed by atoms with E-state index in [2.05, 4.69) is 4.90 Å². The third kappa shape index (κ3) is 2.20. The second-order valence-electron chi connectivity index (χ2n) is 4.96. The first-order chi connectivity index (χ1) is 7.52. The molecule has 0 aliphatic carbocycles. The van der Waals surface area contributed by atoms with Gasteiger partial charge in [0.15, 0.2) is 0 Å².